The van der Waals surface area contributed by atoms with Crippen LogP contribution >= 0.6 is 0 Å². The molecule has 3 aliphatic rings. The molecule has 0 radical (unpaired) electrons. The van der Waals surface area contributed by atoms with Gasteiger partial charge in [0.1, 0.15) is 0 Å². The van der Waals surface area contributed by atoms with Crippen LogP contribution in [0.25, 0.3) is 0 Å². The molecule has 3 aromatic carbocycles. The Morgan fingerprint density at radius 1 is 0.730 bits per heavy atom. The quantitative estimate of drug-likeness (QED) is 0.312. The van der Waals surface area contributed by atoms with Crippen molar-refractivity contribution in [3.05, 3.63) is 107 Å². The third-order valence-corrected chi connectivity index (χ3v) is 7.55. The summed E-state index contributed by atoms with van der Waals surface area (Å²) in [6, 6.07) is 21.6. The Morgan fingerprint density at radius 2 is 1.22 bits per heavy atom. The normalized spacial score (nSPS) is 24.0. The van der Waals surface area contributed by atoms with Crippen molar-refractivity contribution in [2.45, 2.75) is 49.9 Å². The third-order valence-electron chi connectivity index (χ3n) is 7.55. The first-order valence-corrected chi connectivity index (χ1v) is 12.3. The predicted octanol–water partition coefficient (Wildman–Crippen LogP) is 7.54. The molecule has 0 amide bonds. The SMILES string of the molecule is FC(F)(F)c1cc(COC2C3CCN(CC3)C2C(c2ccccc2)c2ccccc2)cc(C(F)(F)F)c1. The van der Waals surface area contributed by atoms with Gasteiger partial charge in [-0.1, -0.05) is 60.7 Å². The summed E-state index contributed by atoms with van der Waals surface area (Å²) in [5.41, 5.74) is -0.583. The van der Waals surface area contributed by atoms with Crippen molar-refractivity contribution in [1.82, 2.24) is 4.90 Å². The van der Waals surface area contributed by atoms with Gasteiger partial charge >= 0.3 is 12.4 Å². The van der Waals surface area contributed by atoms with E-state index in [0.29, 0.717) is 0 Å². The van der Waals surface area contributed by atoms with Gasteiger partial charge in [0.15, 0.2) is 0 Å². The summed E-state index contributed by atoms with van der Waals surface area (Å²) in [5, 5.41) is 0. The van der Waals surface area contributed by atoms with Gasteiger partial charge in [-0.05, 0) is 66.7 Å². The molecule has 0 spiro atoms. The fraction of sp³-hybridized carbons (Fsp3) is 0.379. The van der Waals surface area contributed by atoms with Crippen LogP contribution in [0.2, 0.25) is 0 Å². The standard InChI is InChI=1S/C29H27F6NO/c30-28(31,32)23-15-19(16-24(17-23)29(33,34)35)18-37-27-22-11-13-36(14-12-22)26(27)25(20-7-3-1-4-8-20)21-9-5-2-6-10-21/h1-10,15-17,22,25-27H,11-14,18H2. The van der Waals surface area contributed by atoms with E-state index in [2.05, 4.69) is 29.2 Å². The van der Waals surface area contributed by atoms with E-state index in [1.807, 2.05) is 36.4 Å². The number of piperidine rings is 3. The molecule has 3 aliphatic heterocycles. The molecular formula is C29H27F6NO. The number of nitrogens with zero attached hydrogens (tertiary/aromatic N) is 1. The van der Waals surface area contributed by atoms with Gasteiger partial charge in [0.2, 0.25) is 0 Å². The lowest BCUT2D eigenvalue weighted by molar-refractivity contribution is -0.143. The summed E-state index contributed by atoms with van der Waals surface area (Å²) >= 11 is 0. The molecule has 0 aromatic heterocycles. The first kappa shape index (κ1) is 25.8. The summed E-state index contributed by atoms with van der Waals surface area (Å²) in [6.07, 6.45) is -8.35. The monoisotopic (exact) mass is 519 g/mol. The van der Waals surface area contributed by atoms with E-state index in [0.717, 1.165) is 49.2 Å². The molecule has 3 fully saturated rings. The Bertz CT molecular complexity index is 1110. The number of benzene rings is 3. The molecule has 0 N–H and O–H groups in total. The second-order valence-electron chi connectivity index (χ2n) is 9.85. The minimum Gasteiger partial charge on any atom is -0.372 e. The van der Waals surface area contributed by atoms with Crippen molar-refractivity contribution >= 4 is 0 Å². The predicted molar refractivity (Wildman–Crippen MR) is 128 cm³/mol. The molecule has 2 unspecified atom stereocenters. The molecule has 3 heterocycles. The molecule has 2 atom stereocenters. The Balaban J connectivity index is 1.49. The highest BCUT2D eigenvalue weighted by Gasteiger charge is 2.47. The number of alkyl halides is 6. The van der Waals surface area contributed by atoms with E-state index >= 15 is 0 Å². The molecule has 0 saturated carbocycles. The first-order chi connectivity index (χ1) is 17.6. The number of fused-ring (bicyclic) bond motifs is 3. The van der Waals surface area contributed by atoms with E-state index in [9.17, 15) is 26.3 Å². The van der Waals surface area contributed by atoms with Crippen molar-refractivity contribution in [1.29, 1.82) is 0 Å². The average Bonchev–Trinajstić information content (AvgIpc) is 2.89. The van der Waals surface area contributed by atoms with E-state index in [1.54, 1.807) is 0 Å². The molecule has 3 saturated heterocycles. The highest BCUT2D eigenvalue weighted by atomic mass is 19.4. The van der Waals surface area contributed by atoms with Gasteiger partial charge in [0.25, 0.3) is 0 Å². The van der Waals surface area contributed by atoms with E-state index in [1.165, 1.54) is 0 Å². The second kappa shape index (κ2) is 10.1. The van der Waals surface area contributed by atoms with Crippen LogP contribution in [0.5, 0.6) is 0 Å². The van der Waals surface area contributed by atoms with Gasteiger partial charge in [0, 0.05) is 12.0 Å². The van der Waals surface area contributed by atoms with E-state index < -0.39 is 23.5 Å². The van der Waals surface area contributed by atoms with Gasteiger partial charge in [-0.2, -0.15) is 26.3 Å². The summed E-state index contributed by atoms with van der Waals surface area (Å²) in [6.45, 7) is 1.44. The van der Waals surface area contributed by atoms with Crippen LogP contribution in [0.4, 0.5) is 26.3 Å². The topological polar surface area (TPSA) is 12.5 Å². The van der Waals surface area contributed by atoms with Gasteiger partial charge in [-0.25, -0.2) is 0 Å². The minimum absolute atomic E-state index is 0.0530. The lowest BCUT2D eigenvalue weighted by atomic mass is 9.72. The minimum atomic E-state index is -4.89. The highest BCUT2D eigenvalue weighted by molar-refractivity contribution is 5.36. The van der Waals surface area contributed by atoms with Gasteiger partial charge in [-0.3, -0.25) is 4.90 Å². The third kappa shape index (κ3) is 5.55. The first-order valence-electron chi connectivity index (χ1n) is 12.3. The van der Waals surface area contributed by atoms with Crippen LogP contribution in [0.15, 0.2) is 78.9 Å². The largest absolute Gasteiger partial charge is 0.416 e. The van der Waals surface area contributed by atoms with Gasteiger partial charge < -0.3 is 4.74 Å². The lowest BCUT2D eigenvalue weighted by Crippen LogP contribution is -2.60. The van der Waals surface area contributed by atoms with Gasteiger partial charge in [-0.15, -0.1) is 0 Å². The summed E-state index contributed by atoms with van der Waals surface area (Å²) in [5.74, 6) is 0.126. The fourth-order valence-corrected chi connectivity index (χ4v) is 5.87. The number of hydrogen-bond donors (Lipinski definition) is 0. The molecule has 3 aromatic rings. The Kier molecular flexibility index (Phi) is 7.07. The summed E-state index contributed by atoms with van der Waals surface area (Å²) < 4.78 is 86.6. The maximum Gasteiger partial charge on any atom is 0.416 e. The Labute approximate surface area is 211 Å². The van der Waals surface area contributed by atoms with Crippen molar-refractivity contribution in [2.24, 2.45) is 5.92 Å². The van der Waals surface area contributed by atoms with Crippen LogP contribution in [0.1, 0.15) is 46.6 Å². The molecule has 2 nitrogen and oxygen atoms in total. The Hall–Kier alpha value is -2.84. The van der Waals surface area contributed by atoms with Gasteiger partial charge in [0.05, 0.1) is 23.8 Å². The van der Waals surface area contributed by atoms with Crippen LogP contribution < -0.4 is 0 Å². The van der Waals surface area contributed by atoms with Crippen molar-refractivity contribution in [2.75, 3.05) is 13.1 Å². The zero-order chi connectivity index (χ0) is 26.2. The maximum absolute atomic E-state index is 13.4. The van der Waals surface area contributed by atoms with Crippen molar-refractivity contribution in [3.63, 3.8) is 0 Å². The molecular weight excluding hydrogens is 492 g/mol. The Morgan fingerprint density at radius 3 is 1.68 bits per heavy atom. The summed E-state index contributed by atoms with van der Waals surface area (Å²) in [7, 11) is 0. The average molecular weight is 520 g/mol. The molecule has 0 aliphatic carbocycles. The van der Waals surface area contributed by atoms with Crippen molar-refractivity contribution in [3.8, 4) is 0 Å². The second-order valence-corrected chi connectivity index (χ2v) is 9.85. The van der Waals surface area contributed by atoms with Crippen molar-refractivity contribution < 1.29 is 31.1 Å². The molecule has 6 rings (SSSR count). The zero-order valence-electron chi connectivity index (χ0n) is 20.0. The highest BCUT2D eigenvalue weighted by Crippen LogP contribution is 2.44. The number of hydrogen-bond acceptors (Lipinski definition) is 2. The van der Waals surface area contributed by atoms with E-state index in [-0.39, 0.29) is 42.2 Å². The van der Waals surface area contributed by atoms with E-state index in [4.69, 9.17) is 4.74 Å². The number of ether oxygens (including phenoxy) is 1. The molecule has 8 heteroatoms. The smallest absolute Gasteiger partial charge is 0.372 e. The molecule has 196 valence electrons. The number of rotatable bonds is 6. The van der Waals surface area contributed by atoms with Crippen LogP contribution in [-0.4, -0.2) is 30.1 Å². The number of halogens is 6. The van der Waals surface area contributed by atoms with Crippen LogP contribution in [-0.2, 0) is 23.7 Å². The van der Waals surface area contributed by atoms with Crippen LogP contribution in [0, 0.1) is 5.92 Å². The lowest BCUT2D eigenvalue weighted by Gasteiger charge is -2.53. The summed E-state index contributed by atoms with van der Waals surface area (Å²) in [4.78, 5) is 2.36. The molecule has 37 heavy (non-hydrogen) atoms. The maximum atomic E-state index is 13.4. The zero-order valence-corrected chi connectivity index (χ0v) is 20.0. The fourth-order valence-electron chi connectivity index (χ4n) is 5.87. The van der Waals surface area contributed by atoms with Crippen LogP contribution in [0.3, 0.4) is 0 Å². The molecule has 2 bridgehead atoms.